The first-order chi connectivity index (χ1) is 7.51. The maximum absolute atomic E-state index is 10.0. The van der Waals surface area contributed by atoms with Crippen molar-refractivity contribution in [2.45, 2.75) is 52.4 Å². The molecule has 2 atom stereocenters. The van der Waals surface area contributed by atoms with Crippen molar-refractivity contribution < 1.29 is 5.11 Å². The van der Waals surface area contributed by atoms with Crippen LogP contribution in [0.25, 0.3) is 0 Å². The molecular weight excluding hydrogens is 220 g/mol. The van der Waals surface area contributed by atoms with Gasteiger partial charge in [-0.3, -0.25) is 0 Å². The molecule has 2 unspecified atom stereocenters. The third kappa shape index (κ3) is 2.70. The number of benzene rings is 1. The number of hydrogen-bond donors (Lipinski definition) is 1. The normalized spacial score (nSPS) is 14.8. The van der Waals surface area contributed by atoms with Crippen LogP contribution in [0.4, 0.5) is 0 Å². The van der Waals surface area contributed by atoms with E-state index in [1.165, 1.54) is 0 Å². The summed E-state index contributed by atoms with van der Waals surface area (Å²) in [4.78, 5) is 0. The fraction of sp³-hybridized carbons (Fsp3) is 0.571. The lowest BCUT2D eigenvalue weighted by molar-refractivity contribution is 0.460. The van der Waals surface area contributed by atoms with Crippen LogP contribution in [0.2, 0.25) is 5.02 Å². The summed E-state index contributed by atoms with van der Waals surface area (Å²) >= 11 is 6.26. The Hall–Kier alpha value is -0.690. The molecule has 90 valence electrons. The molecule has 0 aliphatic heterocycles. The van der Waals surface area contributed by atoms with E-state index >= 15 is 0 Å². The monoisotopic (exact) mass is 240 g/mol. The molecule has 16 heavy (non-hydrogen) atoms. The van der Waals surface area contributed by atoms with Crippen LogP contribution >= 0.6 is 11.6 Å². The summed E-state index contributed by atoms with van der Waals surface area (Å²) in [6.45, 7) is 8.47. The molecule has 0 aliphatic carbocycles. The standard InChI is InChI=1S/C14H21ClO/c1-5-9(3)11-8-14(16)12(7-13(11)15)10(4)6-2/h7-10,16H,5-6H2,1-4H3. The van der Waals surface area contributed by atoms with Gasteiger partial charge in [0.25, 0.3) is 0 Å². The van der Waals surface area contributed by atoms with Gasteiger partial charge in [-0.1, -0.05) is 39.3 Å². The van der Waals surface area contributed by atoms with Crippen LogP contribution in [0.15, 0.2) is 12.1 Å². The topological polar surface area (TPSA) is 20.2 Å². The van der Waals surface area contributed by atoms with Crippen molar-refractivity contribution in [3.8, 4) is 5.75 Å². The van der Waals surface area contributed by atoms with Crippen molar-refractivity contribution in [1.29, 1.82) is 0 Å². The Morgan fingerprint density at radius 2 is 1.56 bits per heavy atom. The van der Waals surface area contributed by atoms with Crippen molar-refractivity contribution in [2.24, 2.45) is 0 Å². The van der Waals surface area contributed by atoms with Crippen LogP contribution in [0.5, 0.6) is 5.75 Å². The van der Waals surface area contributed by atoms with Gasteiger partial charge in [0.1, 0.15) is 5.75 Å². The van der Waals surface area contributed by atoms with Crippen molar-refractivity contribution in [1.82, 2.24) is 0 Å². The number of hydrogen-bond acceptors (Lipinski definition) is 1. The van der Waals surface area contributed by atoms with E-state index in [2.05, 4.69) is 27.7 Å². The van der Waals surface area contributed by atoms with E-state index in [4.69, 9.17) is 11.6 Å². The maximum Gasteiger partial charge on any atom is 0.119 e. The first-order valence-corrected chi connectivity index (χ1v) is 6.41. The first-order valence-electron chi connectivity index (χ1n) is 6.03. The molecule has 1 aromatic carbocycles. The summed E-state index contributed by atoms with van der Waals surface area (Å²) in [5, 5.41) is 10.8. The van der Waals surface area contributed by atoms with Gasteiger partial charge in [-0.15, -0.1) is 0 Å². The summed E-state index contributed by atoms with van der Waals surface area (Å²) in [7, 11) is 0. The Morgan fingerprint density at radius 1 is 1.06 bits per heavy atom. The average molecular weight is 241 g/mol. The summed E-state index contributed by atoms with van der Waals surface area (Å²) in [6, 6.07) is 3.75. The van der Waals surface area contributed by atoms with Gasteiger partial charge in [0, 0.05) is 5.02 Å². The molecule has 0 aliphatic rings. The van der Waals surface area contributed by atoms with Crippen LogP contribution in [-0.4, -0.2) is 5.11 Å². The molecule has 0 fully saturated rings. The zero-order valence-electron chi connectivity index (χ0n) is 10.5. The predicted octanol–water partition coefficient (Wildman–Crippen LogP) is 5.07. The maximum atomic E-state index is 10.0. The van der Waals surface area contributed by atoms with E-state index in [9.17, 15) is 5.11 Å². The van der Waals surface area contributed by atoms with Gasteiger partial charge in [-0.2, -0.15) is 0 Å². The minimum atomic E-state index is 0.350. The minimum Gasteiger partial charge on any atom is -0.508 e. The lowest BCUT2D eigenvalue weighted by Gasteiger charge is -2.17. The number of phenolic OH excluding ortho intramolecular Hbond substituents is 1. The molecule has 1 nitrogen and oxygen atoms in total. The summed E-state index contributed by atoms with van der Waals surface area (Å²) in [6.07, 6.45) is 2.04. The van der Waals surface area contributed by atoms with Crippen molar-refractivity contribution >= 4 is 11.6 Å². The molecule has 2 heteroatoms. The number of phenols is 1. The molecule has 0 amide bonds. The van der Waals surface area contributed by atoms with Gasteiger partial charge in [0.2, 0.25) is 0 Å². The Morgan fingerprint density at radius 3 is 2.06 bits per heavy atom. The van der Waals surface area contributed by atoms with E-state index < -0.39 is 0 Å². The molecule has 0 radical (unpaired) electrons. The van der Waals surface area contributed by atoms with Crippen molar-refractivity contribution in [3.05, 3.63) is 28.3 Å². The van der Waals surface area contributed by atoms with E-state index in [0.29, 0.717) is 17.6 Å². The third-order valence-electron chi connectivity index (χ3n) is 3.43. The Bertz CT molecular complexity index is 324. The second-order valence-corrected chi connectivity index (χ2v) is 4.96. The predicted molar refractivity (Wildman–Crippen MR) is 70.5 cm³/mol. The first kappa shape index (κ1) is 13.4. The molecule has 1 rings (SSSR count). The lowest BCUT2D eigenvalue weighted by atomic mass is 9.92. The largest absolute Gasteiger partial charge is 0.508 e. The van der Waals surface area contributed by atoms with E-state index in [0.717, 1.165) is 29.0 Å². The zero-order chi connectivity index (χ0) is 12.3. The Kier molecular flexibility index (Phi) is 4.67. The van der Waals surface area contributed by atoms with E-state index in [-0.39, 0.29) is 0 Å². The molecule has 1 aromatic rings. The van der Waals surface area contributed by atoms with Gasteiger partial charge in [0.05, 0.1) is 0 Å². The highest BCUT2D eigenvalue weighted by atomic mass is 35.5. The fourth-order valence-electron chi connectivity index (χ4n) is 1.81. The highest BCUT2D eigenvalue weighted by Gasteiger charge is 2.15. The molecule has 0 bridgehead atoms. The van der Waals surface area contributed by atoms with Crippen molar-refractivity contribution in [2.75, 3.05) is 0 Å². The molecule has 0 saturated carbocycles. The SMILES string of the molecule is CCC(C)c1cc(Cl)c(C(C)CC)cc1O. The summed E-state index contributed by atoms with van der Waals surface area (Å²) < 4.78 is 0. The van der Waals surface area contributed by atoms with Gasteiger partial charge >= 0.3 is 0 Å². The van der Waals surface area contributed by atoms with Crippen LogP contribution in [-0.2, 0) is 0 Å². The van der Waals surface area contributed by atoms with Crippen molar-refractivity contribution in [3.63, 3.8) is 0 Å². The zero-order valence-corrected chi connectivity index (χ0v) is 11.3. The molecule has 0 spiro atoms. The van der Waals surface area contributed by atoms with Gasteiger partial charge in [-0.25, -0.2) is 0 Å². The van der Waals surface area contributed by atoms with Gasteiger partial charge < -0.3 is 5.11 Å². The number of rotatable bonds is 4. The Balaban J connectivity index is 3.16. The highest BCUT2D eigenvalue weighted by Crippen LogP contribution is 2.36. The quantitative estimate of drug-likeness (QED) is 0.779. The van der Waals surface area contributed by atoms with Crippen LogP contribution in [0.3, 0.4) is 0 Å². The fourth-order valence-corrected chi connectivity index (χ4v) is 2.16. The van der Waals surface area contributed by atoms with Crippen LogP contribution in [0, 0.1) is 0 Å². The average Bonchev–Trinajstić information content (AvgIpc) is 2.29. The number of halogens is 1. The van der Waals surface area contributed by atoms with E-state index in [1.54, 1.807) is 0 Å². The smallest absolute Gasteiger partial charge is 0.119 e. The molecule has 0 aromatic heterocycles. The molecule has 0 saturated heterocycles. The van der Waals surface area contributed by atoms with Gasteiger partial charge in [-0.05, 0) is 47.9 Å². The molecule has 1 N–H and O–H groups in total. The van der Waals surface area contributed by atoms with Crippen LogP contribution in [0.1, 0.15) is 63.5 Å². The molecular formula is C14H21ClO. The Labute approximate surface area is 103 Å². The highest BCUT2D eigenvalue weighted by molar-refractivity contribution is 6.31. The lowest BCUT2D eigenvalue weighted by Crippen LogP contribution is -1.97. The number of aromatic hydroxyl groups is 1. The van der Waals surface area contributed by atoms with Gasteiger partial charge in [0.15, 0.2) is 0 Å². The third-order valence-corrected chi connectivity index (χ3v) is 3.76. The van der Waals surface area contributed by atoms with Crippen LogP contribution < -0.4 is 0 Å². The second kappa shape index (κ2) is 5.58. The van der Waals surface area contributed by atoms with E-state index in [1.807, 2.05) is 12.1 Å². The second-order valence-electron chi connectivity index (χ2n) is 4.55. The minimum absolute atomic E-state index is 0.350. The molecule has 0 heterocycles. The summed E-state index contributed by atoms with van der Waals surface area (Å²) in [5.74, 6) is 1.13. The summed E-state index contributed by atoms with van der Waals surface area (Å²) in [5.41, 5.74) is 2.01.